The molecule has 14 heteroatoms. The molecule has 0 aromatic heterocycles. The van der Waals surface area contributed by atoms with Gasteiger partial charge in [0.15, 0.2) is 0 Å². The minimum absolute atomic E-state index is 0.00436. The third kappa shape index (κ3) is 5.83. The summed E-state index contributed by atoms with van der Waals surface area (Å²) in [4.78, 5) is 38.9. The van der Waals surface area contributed by atoms with Gasteiger partial charge in [0.1, 0.15) is 11.5 Å². The number of aliphatic hydroxyl groups is 2. The van der Waals surface area contributed by atoms with E-state index < -0.39 is 29.6 Å². The topological polar surface area (TPSA) is 133 Å². The van der Waals surface area contributed by atoms with Crippen LogP contribution in [0.25, 0.3) is 0 Å². The van der Waals surface area contributed by atoms with Crippen LogP contribution in [-0.4, -0.2) is 58.3 Å². The molecule has 0 unspecified atom stereocenters. The fraction of sp³-hybridized carbons (Fsp3) is 0.378. The molecule has 2 atom stereocenters. The molecular formula is C37H35F5N4O5. The lowest BCUT2D eigenvalue weighted by Crippen LogP contribution is -2.43. The molecule has 5 heterocycles. The Hall–Kier alpha value is -5.14. The Bertz CT molecular complexity index is 2080. The van der Waals surface area contributed by atoms with Crippen LogP contribution in [0.4, 0.5) is 22.0 Å². The molecule has 8 bridgehead atoms. The first-order chi connectivity index (χ1) is 23.9. The summed E-state index contributed by atoms with van der Waals surface area (Å²) in [5.41, 5.74) is 7.45. The molecule has 6 rings (SSSR count). The highest BCUT2D eigenvalue weighted by Crippen LogP contribution is 2.47. The molecule has 0 aromatic rings. The van der Waals surface area contributed by atoms with E-state index in [4.69, 9.17) is 14.7 Å². The molecule has 0 spiro atoms. The van der Waals surface area contributed by atoms with Gasteiger partial charge in [-0.25, -0.2) is 15.0 Å². The van der Waals surface area contributed by atoms with Gasteiger partial charge < -0.3 is 20.3 Å². The highest BCUT2D eigenvalue weighted by molar-refractivity contribution is 6.21. The van der Waals surface area contributed by atoms with Crippen LogP contribution in [0.2, 0.25) is 0 Å². The zero-order valence-electron chi connectivity index (χ0n) is 28.6. The van der Waals surface area contributed by atoms with Gasteiger partial charge in [0.25, 0.3) is 0 Å². The number of carbonyl (C=O) groups is 2. The zero-order valence-corrected chi connectivity index (χ0v) is 28.6. The van der Waals surface area contributed by atoms with E-state index in [2.05, 4.69) is 10.3 Å². The number of hydrogen-bond acceptors (Lipinski definition) is 9. The normalized spacial score (nSPS) is 23.5. The molecule has 1 fully saturated rings. The van der Waals surface area contributed by atoms with Crippen LogP contribution in [0.5, 0.6) is 0 Å². The Morgan fingerprint density at radius 3 is 2.31 bits per heavy atom. The summed E-state index contributed by atoms with van der Waals surface area (Å²) in [5.74, 6) is -10.3. The number of carbonyl (C=O) groups excluding carboxylic acids is 2. The SMILES string of the molecule is CCC1=C(C)C2=NC1=CC1=C(C)C3=C(O)CC(=C4NC(=CC5=NC(=C2)C(/C(O)=C\C(=O)C(F)(F)C(F)(F)F)=C5C)[C@@H](C)[C@@H]4CCC(=O)OC)C3=N1. The standard InChI is InChI=1S/C37H35F5N4O5/c1-7-19-15(2)22-13-27-32(29(48)14-30(49)36(38,39)37(40,41)42)17(4)24(44-27)11-23-16(3)20(8-9-31(50)51-6)34(45-23)21-10-28(47)33-18(5)25(46-35(21)33)12-26(19)43-22/h11-14,16,20,45,47-48H,7-10H2,1-6H3/b23-11?,26-12?,27-13?,29-14+,34-21?/t16-,20-/m0/s1. The van der Waals surface area contributed by atoms with Gasteiger partial charge in [0.05, 0.1) is 41.3 Å². The second kappa shape index (κ2) is 12.6. The lowest BCUT2D eigenvalue weighted by atomic mass is 9.86. The fourth-order valence-electron chi connectivity index (χ4n) is 7.23. The Morgan fingerprint density at radius 1 is 1.00 bits per heavy atom. The van der Waals surface area contributed by atoms with E-state index in [1.807, 2.05) is 27.7 Å². The Balaban J connectivity index is 1.58. The molecular weight excluding hydrogens is 675 g/mol. The number of nitrogens with one attached hydrogen (secondary N) is 1. The van der Waals surface area contributed by atoms with Gasteiger partial charge in [-0.1, -0.05) is 13.8 Å². The molecule has 268 valence electrons. The van der Waals surface area contributed by atoms with Gasteiger partial charge in [-0.3, -0.25) is 9.59 Å². The molecule has 0 aromatic carbocycles. The van der Waals surface area contributed by atoms with E-state index in [0.717, 1.165) is 28.0 Å². The van der Waals surface area contributed by atoms with E-state index in [9.17, 15) is 41.8 Å². The van der Waals surface area contributed by atoms with Crippen molar-refractivity contribution in [2.45, 2.75) is 72.4 Å². The average Bonchev–Trinajstić information content (AvgIpc) is 3.81. The molecule has 3 N–H and O–H groups in total. The second-order valence-corrected chi connectivity index (χ2v) is 13.1. The predicted molar refractivity (Wildman–Crippen MR) is 180 cm³/mol. The van der Waals surface area contributed by atoms with E-state index >= 15 is 0 Å². The molecule has 0 radical (unpaired) electrons. The Morgan fingerprint density at radius 2 is 1.67 bits per heavy atom. The number of allylic oxidation sites excluding steroid dienone is 12. The van der Waals surface area contributed by atoms with Crippen LogP contribution < -0.4 is 5.32 Å². The van der Waals surface area contributed by atoms with Gasteiger partial charge in [-0.05, 0) is 74.1 Å². The summed E-state index contributed by atoms with van der Waals surface area (Å²) in [6.45, 7) is 9.03. The van der Waals surface area contributed by atoms with Crippen LogP contribution in [0, 0.1) is 11.8 Å². The van der Waals surface area contributed by atoms with Gasteiger partial charge in [-0.15, -0.1) is 0 Å². The number of aliphatic hydroxyl groups excluding tert-OH is 2. The first-order valence-electron chi connectivity index (χ1n) is 16.3. The molecule has 0 saturated carbocycles. The van der Waals surface area contributed by atoms with Gasteiger partial charge in [-0.2, -0.15) is 22.0 Å². The van der Waals surface area contributed by atoms with Crippen LogP contribution in [0.3, 0.4) is 0 Å². The third-order valence-corrected chi connectivity index (χ3v) is 10.1. The van der Waals surface area contributed by atoms with Crippen LogP contribution in [0.15, 0.2) is 118 Å². The maximum Gasteiger partial charge on any atom is 0.461 e. The monoisotopic (exact) mass is 710 g/mol. The molecule has 6 aliphatic rings. The summed E-state index contributed by atoms with van der Waals surface area (Å²) in [6, 6.07) is 0. The van der Waals surface area contributed by atoms with Crippen molar-refractivity contribution in [3.8, 4) is 0 Å². The lowest BCUT2D eigenvalue weighted by molar-refractivity contribution is -0.266. The van der Waals surface area contributed by atoms with Crippen molar-refractivity contribution < 1.29 is 46.5 Å². The number of nitrogens with zero attached hydrogens (tertiary/aromatic N) is 3. The fourth-order valence-corrected chi connectivity index (χ4v) is 7.23. The van der Waals surface area contributed by atoms with E-state index in [-0.39, 0.29) is 59.1 Å². The summed E-state index contributed by atoms with van der Waals surface area (Å²) in [5, 5.41) is 25.7. The van der Waals surface area contributed by atoms with Crippen molar-refractivity contribution in [3.05, 3.63) is 103 Å². The van der Waals surface area contributed by atoms with Crippen molar-refractivity contribution in [2.75, 3.05) is 7.11 Å². The number of rotatable bonds is 7. The summed E-state index contributed by atoms with van der Waals surface area (Å²) in [6.07, 6.45) is -0.117. The average molecular weight is 711 g/mol. The van der Waals surface area contributed by atoms with Crippen LogP contribution in [-0.2, 0) is 14.3 Å². The number of esters is 1. The Kier molecular flexibility index (Phi) is 8.79. The summed E-state index contributed by atoms with van der Waals surface area (Å²) >= 11 is 0. The number of halogens is 5. The smallest absolute Gasteiger partial charge is 0.461 e. The molecule has 51 heavy (non-hydrogen) atoms. The second-order valence-electron chi connectivity index (χ2n) is 13.1. The van der Waals surface area contributed by atoms with Gasteiger partial charge >= 0.3 is 18.1 Å². The highest BCUT2D eigenvalue weighted by atomic mass is 19.4. The molecule has 1 aliphatic carbocycles. The number of alkyl halides is 5. The quantitative estimate of drug-likeness (QED) is 0.107. The number of hydrogen-bond donors (Lipinski definition) is 3. The Labute approximate surface area is 290 Å². The van der Waals surface area contributed by atoms with Crippen LogP contribution in [0.1, 0.15) is 60.3 Å². The molecule has 1 saturated heterocycles. The largest absolute Gasteiger partial charge is 0.511 e. The van der Waals surface area contributed by atoms with Crippen molar-refractivity contribution >= 4 is 28.9 Å². The molecule has 0 amide bonds. The van der Waals surface area contributed by atoms with Gasteiger partial charge in [0, 0.05) is 58.9 Å². The summed E-state index contributed by atoms with van der Waals surface area (Å²) < 4.78 is 71.9. The maximum atomic E-state index is 14.0. The van der Waals surface area contributed by atoms with Gasteiger partial charge in [0.2, 0.25) is 5.78 Å². The minimum atomic E-state index is -6.17. The van der Waals surface area contributed by atoms with Crippen molar-refractivity contribution in [3.63, 3.8) is 0 Å². The highest BCUT2D eigenvalue weighted by Gasteiger charge is 2.62. The van der Waals surface area contributed by atoms with E-state index in [1.165, 1.54) is 20.1 Å². The predicted octanol–water partition coefficient (Wildman–Crippen LogP) is 7.82. The third-order valence-electron chi connectivity index (χ3n) is 10.1. The van der Waals surface area contributed by atoms with Crippen molar-refractivity contribution in [2.24, 2.45) is 26.8 Å². The molecule has 9 nitrogen and oxygen atoms in total. The minimum Gasteiger partial charge on any atom is -0.511 e. The van der Waals surface area contributed by atoms with Crippen molar-refractivity contribution in [1.29, 1.82) is 0 Å². The first kappa shape index (κ1) is 35.7. The number of aliphatic imine (C=N–C) groups is 3. The van der Waals surface area contributed by atoms with E-state index in [0.29, 0.717) is 46.9 Å². The number of ether oxygens (including phenoxy) is 1. The van der Waals surface area contributed by atoms with Crippen LogP contribution >= 0.6 is 0 Å². The zero-order chi connectivity index (χ0) is 37.3. The lowest BCUT2D eigenvalue weighted by Gasteiger charge is -2.17. The molecule has 5 aliphatic heterocycles. The van der Waals surface area contributed by atoms with E-state index in [1.54, 1.807) is 12.2 Å². The first-order valence-corrected chi connectivity index (χ1v) is 16.3. The maximum absolute atomic E-state index is 14.0. The summed E-state index contributed by atoms with van der Waals surface area (Å²) in [7, 11) is 1.30. The number of methoxy groups -OCH3 is 1. The van der Waals surface area contributed by atoms with Crippen molar-refractivity contribution in [1.82, 2.24) is 5.32 Å². The number of fused-ring (bicyclic) bond motifs is 5. The number of ketones is 1.